The Morgan fingerprint density at radius 2 is 2.25 bits per heavy atom. The molecule has 0 aliphatic rings. The number of halogens is 2. The van der Waals surface area contributed by atoms with Crippen LogP contribution >= 0.6 is 24.8 Å². The van der Waals surface area contributed by atoms with Gasteiger partial charge in [-0.3, -0.25) is 0 Å². The van der Waals surface area contributed by atoms with Crippen LogP contribution in [0.3, 0.4) is 0 Å². The number of carbonyl (C=O) groups is 1. The number of esters is 1. The first-order valence-corrected chi connectivity index (χ1v) is 3.14. The molecule has 0 spiro atoms. The van der Waals surface area contributed by atoms with Gasteiger partial charge in [-0.15, -0.1) is 24.8 Å². The van der Waals surface area contributed by atoms with Crippen LogP contribution in [0.25, 0.3) is 0 Å². The summed E-state index contributed by atoms with van der Waals surface area (Å²) >= 11 is 0. The molecule has 3 nitrogen and oxygen atoms in total. The van der Waals surface area contributed by atoms with Crippen LogP contribution in [0.2, 0.25) is 0 Å². The van der Waals surface area contributed by atoms with Crippen molar-refractivity contribution < 1.29 is 9.53 Å². The van der Waals surface area contributed by atoms with Gasteiger partial charge in [-0.1, -0.05) is 0 Å². The summed E-state index contributed by atoms with van der Waals surface area (Å²) in [5, 5.41) is 0. The van der Waals surface area contributed by atoms with Gasteiger partial charge in [0, 0.05) is 12.4 Å². The maximum absolute atomic E-state index is 10.9. The van der Waals surface area contributed by atoms with Gasteiger partial charge >= 0.3 is 5.97 Å². The fraction of sp³-hybridized carbons (Fsp3) is 0.286. The lowest BCUT2D eigenvalue weighted by atomic mass is 10.3. The number of carbonyl (C=O) groups excluding carboxylic acids is 1. The maximum atomic E-state index is 10.9. The number of hydrogen-bond acceptors (Lipinski definition) is 2. The zero-order valence-corrected chi connectivity index (χ0v) is 8.21. The van der Waals surface area contributed by atoms with Crippen molar-refractivity contribution in [1.29, 1.82) is 0 Å². The second kappa shape index (κ2) is 7.00. The van der Waals surface area contributed by atoms with Crippen LogP contribution in [-0.2, 0) is 4.74 Å². The highest BCUT2D eigenvalue weighted by Gasteiger charge is 2.03. The third-order valence-electron chi connectivity index (χ3n) is 1.11. The Labute approximate surface area is 83.3 Å². The molecular formula is C7H11Cl2NO2. The van der Waals surface area contributed by atoms with Crippen molar-refractivity contribution in [3.8, 4) is 0 Å². The van der Waals surface area contributed by atoms with Gasteiger partial charge in [0.05, 0.1) is 12.2 Å². The molecule has 0 aliphatic carbocycles. The summed E-state index contributed by atoms with van der Waals surface area (Å²) in [4.78, 5) is 13.6. The minimum Gasteiger partial charge on any atom is -0.462 e. The Morgan fingerprint density at radius 3 is 2.67 bits per heavy atom. The highest BCUT2D eigenvalue weighted by molar-refractivity contribution is 5.89. The Kier molecular flexibility index (Phi) is 8.11. The predicted molar refractivity (Wildman–Crippen MR) is 51.2 cm³/mol. The molecule has 1 rings (SSSR count). The van der Waals surface area contributed by atoms with Gasteiger partial charge in [0.15, 0.2) is 0 Å². The molecule has 0 amide bonds. The number of nitrogens with one attached hydrogen (secondary N) is 1. The van der Waals surface area contributed by atoms with Crippen molar-refractivity contribution >= 4 is 30.8 Å². The van der Waals surface area contributed by atoms with Crippen LogP contribution in [0.1, 0.15) is 17.3 Å². The quantitative estimate of drug-likeness (QED) is 0.762. The molecule has 1 heterocycles. The lowest BCUT2D eigenvalue weighted by Crippen LogP contribution is -2.02. The molecule has 1 aromatic rings. The van der Waals surface area contributed by atoms with Crippen LogP contribution < -0.4 is 0 Å². The van der Waals surface area contributed by atoms with Crippen LogP contribution in [0.4, 0.5) is 0 Å². The first-order chi connectivity index (χ1) is 4.84. The van der Waals surface area contributed by atoms with Gasteiger partial charge in [0.2, 0.25) is 0 Å². The Hall–Kier alpha value is -0.670. The van der Waals surface area contributed by atoms with E-state index in [4.69, 9.17) is 4.74 Å². The third-order valence-corrected chi connectivity index (χ3v) is 1.11. The van der Waals surface area contributed by atoms with E-state index in [0.29, 0.717) is 12.2 Å². The zero-order chi connectivity index (χ0) is 7.40. The molecule has 0 atom stereocenters. The molecule has 0 fully saturated rings. The van der Waals surface area contributed by atoms with E-state index in [0.717, 1.165) is 0 Å². The van der Waals surface area contributed by atoms with Gasteiger partial charge in [-0.25, -0.2) is 4.79 Å². The summed E-state index contributed by atoms with van der Waals surface area (Å²) in [5.74, 6) is -0.274. The minimum absolute atomic E-state index is 0. The molecule has 5 heteroatoms. The van der Waals surface area contributed by atoms with Crippen molar-refractivity contribution in [1.82, 2.24) is 4.98 Å². The molecule has 0 unspecified atom stereocenters. The number of aromatic nitrogens is 1. The third kappa shape index (κ3) is 3.64. The van der Waals surface area contributed by atoms with E-state index in [9.17, 15) is 4.79 Å². The topological polar surface area (TPSA) is 42.1 Å². The second-order valence-electron chi connectivity index (χ2n) is 1.82. The molecule has 0 aliphatic heterocycles. The summed E-state index contributed by atoms with van der Waals surface area (Å²) in [6.45, 7) is 2.20. The fourth-order valence-electron chi connectivity index (χ4n) is 0.665. The molecule has 0 bridgehead atoms. The van der Waals surface area contributed by atoms with Gasteiger partial charge in [0.1, 0.15) is 0 Å². The van der Waals surface area contributed by atoms with Crippen molar-refractivity contribution in [3.63, 3.8) is 0 Å². The molecular weight excluding hydrogens is 201 g/mol. The molecule has 0 radical (unpaired) electrons. The standard InChI is InChI=1S/C7H9NO2.2ClH/c1-2-10-7(9)6-3-4-8-5-6;;/h3-5,8H,2H2,1H3;2*1H. The molecule has 12 heavy (non-hydrogen) atoms. The van der Waals surface area contributed by atoms with E-state index < -0.39 is 0 Å². The Bertz CT molecular complexity index is 211. The number of rotatable bonds is 2. The predicted octanol–water partition coefficient (Wildman–Crippen LogP) is 2.04. The highest BCUT2D eigenvalue weighted by Crippen LogP contribution is 1.98. The van der Waals surface area contributed by atoms with E-state index in [1.54, 1.807) is 25.4 Å². The van der Waals surface area contributed by atoms with Crippen LogP contribution in [0, 0.1) is 0 Å². The number of hydrogen-bond donors (Lipinski definition) is 1. The Balaban J connectivity index is 0. The minimum atomic E-state index is -0.274. The summed E-state index contributed by atoms with van der Waals surface area (Å²) in [6.07, 6.45) is 3.30. The second-order valence-corrected chi connectivity index (χ2v) is 1.82. The van der Waals surface area contributed by atoms with Crippen LogP contribution in [0.5, 0.6) is 0 Å². The lowest BCUT2D eigenvalue weighted by molar-refractivity contribution is 0.0526. The first-order valence-electron chi connectivity index (χ1n) is 3.14. The van der Waals surface area contributed by atoms with Crippen molar-refractivity contribution in [2.45, 2.75) is 6.92 Å². The summed E-state index contributed by atoms with van der Waals surface area (Å²) in [7, 11) is 0. The average Bonchev–Trinajstić information content (AvgIpc) is 2.38. The SMILES string of the molecule is CCOC(=O)c1cc[nH]c1.Cl.Cl. The maximum Gasteiger partial charge on any atom is 0.339 e. The molecule has 0 saturated heterocycles. The molecule has 1 N–H and O–H groups in total. The van der Waals surface area contributed by atoms with E-state index in [-0.39, 0.29) is 30.8 Å². The zero-order valence-electron chi connectivity index (χ0n) is 6.57. The summed E-state index contributed by atoms with van der Waals surface area (Å²) in [5.41, 5.74) is 0.571. The first kappa shape index (κ1) is 13.9. The van der Waals surface area contributed by atoms with Crippen LogP contribution in [-0.4, -0.2) is 17.6 Å². The summed E-state index contributed by atoms with van der Waals surface area (Å²) < 4.78 is 4.73. The summed E-state index contributed by atoms with van der Waals surface area (Å²) in [6, 6.07) is 1.68. The number of aromatic amines is 1. The molecule has 1 aromatic heterocycles. The molecule has 0 saturated carbocycles. The van der Waals surface area contributed by atoms with Gasteiger partial charge in [0.25, 0.3) is 0 Å². The van der Waals surface area contributed by atoms with E-state index in [1.807, 2.05) is 0 Å². The largest absolute Gasteiger partial charge is 0.462 e. The van der Waals surface area contributed by atoms with Crippen molar-refractivity contribution in [2.75, 3.05) is 6.61 Å². The van der Waals surface area contributed by atoms with E-state index in [1.165, 1.54) is 0 Å². The normalized spacial score (nSPS) is 7.75. The van der Waals surface area contributed by atoms with Gasteiger partial charge < -0.3 is 9.72 Å². The average molecular weight is 212 g/mol. The Morgan fingerprint density at radius 1 is 1.58 bits per heavy atom. The van der Waals surface area contributed by atoms with E-state index >= 15 is 0 Å². The number of H-pyrrole nitrogens is 1. The van der Waals surface area contributed by atoms with Crippen molar-refractivity contribution in [2.24, 2.45) is 0 Å². The number of ether oxygens (including phenoxy) is 1. The van der Waals surface area contributed by atoms with Crippen molar-refractivity contribution in [3.05, 3.63) is 24.0 Å². The molecule has 70 valence electrons. The lowest BCUT2D eigenvalue weighted by Gasteiger charge is -1.95. The smallest absolute Gasteiger partial charge is 0.339 e. The van der Waals surface area contributed by atoms with Crippen LogP contribution in [0.15, 0.2) is 18.5 Å². The van der Waals surface area contributed by atoms with Gasteiger partial charge in [-0.2, -0.15) is 0 Å². The highest BCUT2D eigenvalue weighted by atomic mass is 35.5. The molecule has 0 aromatic carbocycles. The van der Waals surface area contributed by atoms with E-state index in [2.05, 4.69) is 4.98 Å². The monoisotopic (exact) mass is 211 g/mol. The fourth-order valence-corrected chi connectivity index (χ4v) is 0.665. The van der Waals surface area contributed by atoms with Gasteiger partial charge in [-0.05, 0) is 13.0 Å².